The minimum atomic E-state index is 0.498. The lowest BCUT2D eigenvalue weighted by Crippen LogP contribution is -2.18. The van der Waals surface area contributed by atoms with E-state index in [9.17, 15) is 0 Å². The first-order chi connectivity index (χ1) is 3.43. The monoisotopic (exact) mass is 116 g/mol. The average molecular weight is 116 g/mol. The summed E-state index contributed by atoms with van der Waals surface area (Å²) in [7, 11) is 0. The summed E-state index contributed by atoms with van der Waals surface area (Å²) >= 11 is 1.70. The molecule has 0 saturated carbocycles. The molecule has 0 radical (unpaired) electrons. The van der Waals surface area contributed by atoms with Crippen molar-refractivity contribution in [1.29, 1.82) is 0 Å². The second-order valence-electron chi connectivity index (χ2n) is 1.31. The standard InChI is InChI=1S/C4H8N2S/c1-2-3-5-4-6-7-4/h2,4-6H,1,3H2. The normalized spacial score (nSPS) is 27.1. The Labute approximate surface area is 47.5 Å². The molecule has 7 heavy (non-hydrogen) atoms. The van der Waals surface area contributed by atoms with Gasteiger partial charge in [-0.2, -0.15) is 0 Å². The van der Waals surface area contributed by atoms with Crippen LogP contribution in [0.25, 0.3) is 0 Å². The second kappa shape index (κ2) is 2.35. The minimum Gasteiger partial charge on any atom is -0.288 e. The van der Waals surface area contributed by atoms with Gasteiger partial charge in [0.1, 0.15) is 5.50 Å². The van der Waals surface area contributed by atoms with Crippen molar-refractivity contribution < 1.29 is 0 Å². The van der Waals surface area contributed by atoms with E-state index in [1.54, 1.807) is 11.9 Å². The Hall–Kier alpha value is 0.0100. The smallest absolute Gasteiger partial charge is 0.129 e. The molecule has 1 rings (SSSR count). The Morgan fingerprint density at radius 3 is 3.14 bits per heavy atom. The van der Waals surface area contributed by atoms with Crippen molar-refractivity contribution in [1.82, 2.24) is 10.0 Å². The summed E-state index contributed by atoms with van der Waals surface area (Å²) < 4.78 is 3.03. The highest BCUT2D eigenvalue weighted by atomic mass is 32.2. The van der Waals surface area contributed by atoms with E-state index in [4.69, 9.17) is 0 Å². The van der Waals surface area contributed by atoms with Crippen molar-refractivity contribution in [3.8, 4) is 0 Å². The van der Waals surface area contributed by atoms with Gasteiger partial charge in [0.05, 0.1) is 0 Å². The molecule has 2 nitrogen and oxygen atoms in total. The number of rotatable bonds is 3. The van der Waals surface area contributed by atoms with Gasteiger partial charge in [0.25, 0.3) is 0 Å². The molecular formula is C4H8N2S. The van der Waals surface area contributed by atoms with Crippen molar-refractivity contribution in [2.75, 3.05) is 6.54 Å². The van der Waals surface area contributed by atoms with Crippen LogP contribution in [0.4, 0.5) is 0 Å². The molecule has 3 heteroatoms. The van der Waals surface area contributed by atoms with Gasteiger partial charge in [-0.3, -0.25) is 5.32 Å². The van der Waals surface area contributed by atoms with E-state index in [1.807, 2.05) is 6.08 Å². The molecule has 1 atom stereocenters. The van der Waals surface area contributed by atoms with Gasteiger partial charge in [-0.1, -0.05) is 6.08 Å². The molecule has 1 fully saturated rings. The van der Waals surface area contributed by atoms with Gasteiger partial charge in [0.2, 0.25) is 0 Å². The second-order valence-corrected chi connectivity index (χ2v) is 2.26. The molecule has 0 aromatic heterocycles. The first-order valence-corrected chi connectivity index (χ1v) is 3.07. The molecule has 1 aliphatic heterocycles. The van der Waals surface area contributed by atoms with Crippen LogP contribution in [0.3, 0.4) is 0 Å². The lowest BCUT2D eigenvalue weighted by molar-refractivity contribution is 0.756. The van der Waals surface area contributed by atoms with Crippen LogP contribution in [0.15, 0.2) is 12.7 Å². The summed E-state index contributed by atoms with van der Waals surface area (Å²) in [5.41, 5.74) is 0.498. The first kappa shape index (κ1) is 5.15. The van der Waals surface area contributed by atoms with Crippen LogP contribution in [-0.4, -0.2) is 12.0 Å². The average Bonchev–Trinajstić information content (AvgIpc) is 2.42. The fraction of sp³-hybridized carbons (Fsp3) is 0.500. The highest BCUT2D eigenvalue weighted by Gasteiger charge is 2.18. The van der Waals surface area contributed by atoms with E-state index in [2.05, 4.69) is 16.6 Å². The zero-order chi connectivity index (χ0) is 5.11. The molecule has 0 spiro atoms. The molecule has 0 aromatic carbocycles. The van der Waals surface area contributed by atoms with E-state index < -0.39 is 0 Å². The van der Waals surface area contributed by atoms with Crippen molar-refractivity contribution in [3.05, 3.63) is 12.7 Å². The maximum atomic E-state index is 3.56. The van der Waals surface area contributed by atoms with Gasteiger partial charge in [0, 0.05) is 6.54 Å². The predicted octanol–water partition coefficient (Wildman–Crippen LogP) is 0.297. The van der Waals surface area contributed by atoms with Crippen molar-refractivity contribution >= 4 is 11.9 Å². The fourth-order valence-corrected chi connectivity index (χ4v) is 0.639. The van der Waals surface area contributed by atoms with Crippen molar-refractivity contribution in [2.45, 2.75) is 5.50 Å². The van der Waals surface area contributed by atoms with Gasteiger partial charge < -0.3 is 0 Å². The van der Waals surface area contributed by atoms with Crippen molar-refractivity contribution in [2.24, 2.45) is 0 Å². The number of hydrogen-bond acceptors (Lipinski definition) is 3. The third-order valence-corrected chi connectivity index (χ3v) is 1.32. The summed E-state index contributed by atoms with van der Waals surface area (Å²) in [6.07, 6.45) is 1.85. The van der Waals surface area contributed by atoms with Crippen LogP contribution >= 0.6 is 11.9 Å². The SMILES string of the molecule is C=CCNC1NS1. The van der Waals surface area contributed by atoms with E-state index in [0.717, 1.165) is 6.54 Å². The fourth-order valence-electron chi connectivity index (χ4n) is 0.308. The topological polar surface area (TPSA) is 34.0 Å². The molecule has 2 N–H and O–H groups in total. The van der Waals surface area contributed by atoms with Gasteiger partial charge in [-0.15, -0.1) is 6.58 Å². The maximum absolute atomic E-state index is 3.56. The largest absolute Gasteiger partial charge is 0.288 e. The van der Waals surface area contributed by atoms with Gasteiger partial charge in [-0.25, -0.2) is 4.72 Å². The third kappa shape index (κ3) is 1.97. The summed E-state index contributed by atoms with van der Waals surface area (Å²) in [5, 5.41) is 3.14. The van der Waals surface area contributed by atoms with E-state index in [-0.39, 0.29) is 0 Å². The lowest BCUT2D eigenvalue weighted by atomic mass is 10.6. The van der Waals surface area contributed by atoms with Gasteiger partial charge >= 0.3 is 0 Å². The molecule has 0 bridgehead atoms. The summed E-state index contributed by atoms with van der Waals surface area (Å²) in [6.45, 7) is 4.45. The molecule has 40 valence electrons. The van der Waals surface area contributed by atoms with E-state index in [1.165, 1.54) is 0 Å². The Morgan fingerprint density at radius 2 is 2.71 bits per heavy atom. The van der Waals surface area contributed by atoms with Crippen LogP contribution in [-0.2, 0) is 0 Å². The van der Waals surface area contributed by atoms with Crippen LogP contribution in [0.1, 0.15) is 0 Å². The molecule has 1 unspecified atom stereocenters. The Balaban J connectivity index is 1.88. The molecule has 0 amide bonds. The Kier molecular flexibility index (Phi) is 1.73. The first-order valence-electron chi connectivity index (χ1n) is 2.19. The Morgan fingerprint density at radius 1 is 2.00 bits per heavy atom. The molecule has 1 aliphatic rings. The number of nitrogens with one attached hydrogen (secondary N) is 2. The minimum absolute atomic E-state index is 0.498. The number of hydrogen-bond donors (Lipinski definition) is 2. The summed E-state index contributed by atoms with van der Waals surface area (Å²) in [4.78, 5) is 0. The zero-order valence-electron chi connectivity index (χ0n) is 3.98. The van der Waals surface area contributed by atoms with Gasteiger partial charge in [-0.05, 0) is 11.9 Å². The third-order valence-electron chi connectivity index (χ3n) is 0.683. The van der Waals surface area contributed by atoms with E-state index >= 15 is 0 Å². The quantitative estimate of drug-likeness (QED) is 0.316. The lowest BCUT2D eigenvalue weighted by Gasteiger charge is -1.88. The maximum Gasteiger partial charge on any atom is 0.129 e. The van der Waals surface area contributed by atoms with Crippen LogP contribution in [0.2, 0.25) is 0 Å². The molecule has 1 heterocycles. The van der Waals surface area contributed by atoms with Crippen LogP contribution in [0, 0.1) is 0 Å². The van der Waals surface area contributed by atoms with Crippen molar-refractivity contribution in [3.63, 3.8) is 0 Å². The summed E-state index contributed by atoms with van der Waals surface area (Å²) in [5.74, 6) is 0. The zero-order valence-corrected chi connectivity index (χ0v) is 4.79. The molecule has 1 saturated heterocycles. The van der Waals surface area contributed by atoms with Crippen LogP contribution in [0.5, 0.6) is 0 Å². The van der Waals surface area contributed by atoms with E-state index in [0.29, 0.717) is 5.50 Å². The van der Waals surface area contributed by atoms with Crippen LogP contribution < -0.4 is 10.0 Å². The Bertz CT molecular complexity index is 70.1. The molecule has 0 aromatic rings. The predicted molar refractivity (Wildman–Crippen MR) is 32.7 cm³/mol. The van der Waals surface area contributed by atoms with Gasteiger partial charge in [0.15, 0.2) is 0 Å². The summed E-state index contributed by atoms with van der Waals surface area (Å²) in [6, 6.07) is 0. The highest BCUT2D eigenvalue weighted by molar-refractivity contribution is 8.04. The molecule has 0 aliphatic carbocycles. The highest BCUT2D eigenvalue weighted by Crippen LogP contribution is 2.15. The molecular weight excluding hydrogens is 108 g/mol.